The van der Waals surface area contributed by atoms with Crippen LogP contribution in [0.25, 0.3) is 11.3 Å². The molecule has 1 N–H and O–H groups in total. The van der Waals surface area contributed by atoms with Crippen LogP contribution in [-0.2, 0) is 19.4 Å². The molecule has 2 aromatic carbocycles. The summed E-state index contributed by atoms with van der Waals surface area (Å²) in [6, 6.07) is 16.3. The number of nitrogens with zero attached hydrogens (tertiary/aromatic N) is 2. The minimum atomic E-state index is 0.754. The molecule has 0 unspecified atom stereocenters. The van der Waals surface area contributed by atoms with Gasteiger partial charge in [0.05, 0.1) is 12.2 Å². The van der Waals surface area contributed by atoms with E-state index in [9.17, 15) is 0 Å². The number of fused-ring (bicyclic) bond motifs is 1. The molecule has 1 aromatic heterocycles. The smallest absolute Gasteiger partial charge is 0.0958 e. The van der Waals surface area contributed by atoms with E-state index in [0.29, 0.717) is 0 Å². The van der Waals surface area contributed by atoms with Crippen LogP contribution in [0.4, 0.5) is 0 Å². The van der Waals surface area contributed by atoms with Crippen molar-refractivity contribution in [1.82, 2.24) is 15.1 Å². The van der Waals surface area contributed by atoms with Gasteiger partial charge in [0.15, 0.2) is 0 Å². The fourth-order valence-electron chi connectivity index (χ4n) is 3.38. The van der Waals surface area contributed by atoms with E-state index in [4.69, 9.17) is 16.7 Å². The summed E-state index contributed by atoms with van der Waals surface area (Å²) in [5.41, 5.74) is 6.16. The highest BCUT2D eigenvalue weighted by Crippen LogP contribution is 2.29. The first-order valence-corrected chi connectivity index (χ1v) is 9.68. The largest absolute Gasteiger partial charge is 0.316 e. The SMILES string of the molecule is Clc1ccc(-c2nn(Cc3ccccc3Br)c3c2CCNCC3)cc1. The van der Waals surface area contributed by atoms with E-state index in [2.05, 4.69) is 56.3 Å². The fraction of sp³-hybridized carbons (Fsp3) is 0.250. The summed E-state index contributed by atoms with van der Waals surface area (Å²) in [7, 11) is 0. The second kappa shape index (κ2) is 7.32. The van der Waals surface area contributed by atoms with Crippen LogP contribution in [0.3, 0.4) is 0 Å². The lowest BCUT2D eigenvalue weighted by atomic mass is 10.0. The lowest BCUT2D eigenvalue weighted by Crippen LogP contribution is -2.17. The number of benzene rings is 2. The molecule has 0 spiro atoms. The fourth-order valence-corrected chi connectivity index (χ4v) is 3.92. The third kappa shape index (κ3) is 3.52. The van der Waals surface area contributed by atoms with E-state index >= 15 is 0 Å². The summed E-state index contributed by atoms with van der Waals surface area (Å²) in [6.07, 6.45) is 2.00. The number of halogens is 2. The van der Waals surface area contributed by atoms with Gasteiger partial charge in [0.2, 0.25) is 0 Å². The summed E-state index contributed by atoms with van der Waals surface area (Å²) in [5.74, 6) is 0. The summed E-state index contributed by atoms with van der Waals surface area (Å²) < 4.78 is 3.30. The zero-order valence-corrected chi connectivity index (χ0v) is 16.1. The van der Waals surface area contributed by atoms with Gasteiger partial charge < -0.3 is 5.32 Å². The molecule has 0 fully saturated rings. The maximum absolute atomic E-state index is 6.06. The van der Waals surface area contributed by atoms with Crippen molar-refractivity contribution < 1.29 is 0 Å². The van der Waals surface area contributed by atoms with Gasteiger partial charge in [-0.05, 0) is 36.7 Å². The van der Waals surface area contributed by atoms with Gasteiger partial charge in [0.25, 0.3) is 0 Å². The van der Waals surface area contributed by atoms with Crippen molar-refractivity contribution in [3.8, 4) is 11.3 Å². The van der Waals surface area contributed by atoms with Gasteiger partial charge in [0.1, 0.15) is 0 Å². The van der Waals surface area contributed by atoms with Crippen molar-refractivity contribution in [2.45, 2.75) is 19.4 Å². The Morgan fingerprint density at radius 1 is 1.04 bits per heavy atom. The number of rotatable bonds is 3. The normalized spacial score (nSPS) is 14.2. The lowest BCUT2D eigenvalue weighted by Gasteiger charge is -2.09. The lowest BCUT2D eigenvalue weighted by molar-refractivity contribution is 0.627. The highest BCUT2D eigenvalue weighted by atomic mass is 79.9. The molecule has 0 bridgehead atoms. The van der Waals surface area contributed by atoms with E-state index in [-0.39, 0.29) is 0 Å². The minimum absolute atomic E-state index is 0.754. The minimum Gasteiger partial charge on any atom is -0.316 e. The zero-order chi connectivity index (χ0) is 17.2. The summed E-state index contributed by atoms with van der Waals surface area (Å²) in [5, 5.41) is 9.25. The predicted octanol–water partition coefficient (Wildman–Crippen LogP) is 4.70. The molecule has 1 aliphatic rings. The molecule has 25 heavy (non-hydrogen) atoms. The molecule has 0 saturated heterocycles. The van der Waals surface area contributed by atoms with Crippen LogP contribution in [0.1, 0.15) is 16.8 Å². The van der Waals surface area contributed by atoms with Crippen molar-refractivity contribution in [3.63, 3.8) is 0 Å². The molecular weight excluding hydrogens is 398 g/mol. The third-order valence-corrected chi connectivity index (χ3v) is 5.68. The van der Waals surface area contributed by atoms with Gasteiger partial charge in [-0.3, -0.25) is 4.68 Å². The Labute approximate surface area is 161 Å². The van der Waals surface area contributed by atoms with Crippen LogP contribution in [0.2, 0.25) is 5.02 Å². The highest BCUT2D eigenvalue weighted by Gasteiger charge is 2.21. The van der Waals surface area contributed by atoms with Gasteiger partial charge in [-0.25, -0.2) is 0 Å². The Kier molecular flexibility index (Phi) is 4.93. The van der Waals surface area contributed by atoms with Gasteiger partial charge in [-0.1, -0.05) is 57.9 Å². The molecule has 0 radical (unpaired) electrons. The second-order valence-corrected chi connectivity index (χ2v) is 7.57. The van der Waals surface area contributed by atoms with E-state index in [1.54, 1.807) is 0 Å². The topological polar surface area (TPSA) is 29.9 Å². The van der Waals surface area contributed by atoms with Crippen molar-refractivity contribution in [1.29, 1.82) is 0 Å². The standard InChI is InChI=1S/C20H19BrClN3/c21-18-4-2-1-3-15(18)13-25-19-10-12-23-11-9-17(19)20(24-25)14-5-7-16(22)8-6-14/h1-8,23H,9-13H2. The first kappa shape index (κ1) is 16.8. The third-order valence-electron chi connectivity index (χ3n) is 4.65. The van der Waals surface area contributed by atoms with Crippen LogP contribution in [0.15, 0.2) is 53.0 Å². The average molecular weight is 417 g/mol. The summed E-state index contributed by atoms with van der Waals surface area (Å²) in [6.45, 7) is 2.76. The molecule has 5 heteroatoms. The van der Waals surface area contributed by atoms with Crippen LogP contribution in [-0.4, -0.2) is 22.9 Å². The van der Waals surface area contributed by atoms with E-state index in [1.165, 1.54) is 16.8 Å². The number of hydrogen-bond acceptors (Lipinski definition) is 2. The number of nitrogens with one attached hydrogen (secondary N) is 1. The zero-order valence-electron chi connectivity index (χ0n) is 13.8. The van der Waals surface area contributed by atoms with Gasteiger partial charge >= 0.3 is 0 Å². The van der Waals surface area contributed by atoms with Crippen molar-refractivity contribution in [3.05, 3.63) is 74.8 Å². The van der Waals surface area contributed by atoms with Crippen molar-refractivity contribution in [2.75, 3.05) is 13.1 Å². The molecule has 2 heterocycles. The van der Waals surface area contributed by atoms with E-state index in [1.807, 2.05) is 18.2 Å². The second-order valence-electron chi connectivity index (χ2n) is 6.28. The maximum atomic E-state index is 6.06. The monoisotopic (exact) mass is 415 g/mol. The molecule has 0 aliphatic carbocycles. The molecular formula is C20H19BrClN3. The summed E-state index contributed by atoms with van der Waals surface area (Å²) >= 11 is 9.71. The Balaban J connectivity index is 1.79. The van der Waals surface area contributed by atoms with Crippen LogP contribution in [0.5, 0.6) is 0 Å². The molecule has 0 atom stereocenters. The van der Waals surface area contributed by atoms with Crippen molar-refractivity contribution in [2.24, 2.45) is 0 Å². The quantitative estimate of drug-likeness (QED) is 0.670. The Hall–Kier alpha value is -1.62. The molecule has 0 amide bonds. The maximum Gasteiger partial charge on any atom is 0.0958 e. The number of hydrogen-bond donors (Lipinski definition) is 1. The molecule has 0 saturated carbocycles. The highest BCUT2D eigenvalue weighted by molar-refractivity contribution is 9.10. The van der Waals surface area contributed by atoms with E-state index < -0.39 is 0 Å². The Morgan fingerprint density at radius 2 is 1.80 bits per heavy atom. The first-order chi connectivity index (χ1) is 12.2. The molecule has 4 rings (SSSR count). The first-order valence-electron chi connectivity index (χ1n) is 8.51. The van der Waals surface area contributed by atoms with Crippen LogP contribution in [0, 0.1) is 0 Å². The predicted molar refractivity (Wildman–Crippen MR) is 106 cm³/mol. The molecule has 1 aliphatic heterocycles. The average Bonchev–Trinajstić information content (AvgIpc) is 2.80. The molecule has 128 valence electrons. The van der Waals surface area contributed by atoms with Crippen molar-refractivity contribution >= 4 is 27.5 Å². The molecule has 3 nitrogen and oxygen atoms in total. The Morgan fingerprint density at radius 3 is 2.60 bits per heavy atom. The Bertz CT molecular complexity index is 886. The van der Waals surface area contributed by atoms with Crippen LogP contribution < -0.4 is 5.32 Å². The van der Waals surface area contributed by atoms with Gasteiger partial charge in [0, 0.05) is 39.3 Å². The van der Waals surface area contributed by atoms with Crippen LogP contribution >= 0.6 is 27.5 Å². The van der Waals surface area contributed by atoms with Gasteiger partial charge in [-0.15, -0.1) is 0 Å². The summed E-state index contributed by atoms with van der Waals surface area (Å²) in [4.78, 5) is 0. The number of aromatic nitrogens is 2. The molecule has 3 aromatic rings. The van der Waals surface area contributed by atoms with Gasteiger partial charge in [-0.2, -0.15) is 5.10 Å². The van der Waals surface area contributed by atoms with E-state index in [0.717, 1.165) is 53.2 Å².